The van der Waals surface area contributed by atoms with Gasteiger partial charge in [-0.25, -0.2) is 8.78 Å². The summed E-state index contributed by atoms with van der Waals surface area (Å²) in [5, 5.41) is 3.38. The van der Waals surface area contributed by atoms with Crippen molar-refractivity contribution in [2.75, 3.05) is 0 Å². The van der Waals surface area contributed by atoms with Crippen molar-refractivity contribution in [1.82, 2.24) is 5.32 Å². The molecular weight excluding hydrogens is 220 g/mol. The van der Waals surface area contributed by atoms with Gasteiger partial charge < -0.3 is 5.32 Å². The van der Waals surface area contributed by atoms with Gasteiger partial charge in [0.25, 0.3) is 0 Å². The summed E-state index contributed by atoms with van der Waals surface area (Å²) >= 11 is 0. The summed E-state index contributed by atoms with van der Waals surface area (Å²) in [7, 11) is 0. The van der Waals surface area contributed by atoms with Crippen LogP contribution in [-0.2, 0) is 0 Å². The molecule has 0 radical (unpaired) electrons. The zero-order valence-corrected chi connectivity index (χ0v) is 10.4. The molecule has 1 saturated carbocycles. The van der Waals surface area contributed by atoms with Crippen molar-refractivity contribution in [2.45, 2.75) is 51.6 Å². The van der Waals surface area contributed by atoms with Gasteiger partial charge in [-0.1, -0.05) is 12.8 Å². The molecule has 0 amide bonds. The molecule has 2 rings (SSSR count). The van der Waals surface area contributed by atoms with Crippen LogP contribution in [0.3, 0.4) is 0 Å². The fourth-order valence-electron chi connectivity index (χ4n) is 2.53. The van der Waals surface area contributed by atoms with E-state index in [1.54, 1.807) is 6.92 Å². The van der Waals surface area contributed by atoms with E-state index in [9.17, 15) is 8.78 Å². The lowest BCUT2D eigenvalue weighted by atomic mass is 10.0. The molecule has 1 nitrogen and oxygen atoms in total. The van der Waals surface area contributed by atoms with E-state index in [0.717, 1.165) is 12.8 Å². The second kappa shape index (κ2) is 5.13. The summed E-state index contributed by atoms with van der Waals surface area (Å²) in [4.78, 5) is 0. The van der Waals surface area contributed by atoms with Crippen LogP contribution in [0.5, 0.6) is 0 Å². The van der Waals surface area contributed by atoms with E-state index in [4.69, 9.17) is 0 Å². The minimum absolute atomic E-state index is 0.131. The van der Waals surface area contributed by atoms with Crippen molar-refractivity contribution < 1.29 is 8.78 Å². The average molecular weight is 239 g/mol. The summed E-state index contributed by atoms with van der Waals surface area (Å²) in [5.41, 5.74) is 0.791. The van der Waals surface area contributed by atoms with Crippen molar-refractivity contribution in [2.24, 2.45) is 0 Å². The Kier molecular flexibility index (Phi) is 3.77. The molecule has 1 atom stereocenters. The first-order valence-corrected chi connectivity index (χ1v) is 6.29. The molecule has 1 unspecified atom stereocenters. The zero-order valence-electron chi connectivity index (χ0n) is 10.4. The Morgan fingerprint density at radius 3 is 2.47 bits per heavy atom. The van der Waals surface area contributed by atoms with E-state index < -0.39 is 0 Å². The van der Waals surface area contributed by atoms with Crippen molar-refractivity contribution >= 4 is 0 Å². The molecule has 3 heteroatoms. The standard InChI is InChI=1S/C14H19F2N/c1-9-7-14(16)12(8-13(9)15)10(2)17-11-5-3-4-6-11/h7-8,10-11,17H,3-6H2,1-2H3. The molecule has 0 spiro atoms. The smallest absolute Gasteiger partial charge is 0.128 e. The lowest BCUT2D eigenvalue weighted by Crippen LogP contribution is -2.29. The molecular formula is C14H19F2N. The minimum Gasteiger partial charge on any atom is -0.307 e. The van der Waals surface area contributed by atoms with E-state index in [2.05, 4.69) is 5.32 Å². The molecule has 1 aliphatic carbocycles. The molecule has 94 valence electrons. The number of nitrogens with one attached hydrogen (secondary N) is 1. The van der Waals surface area contributed by atoms with Gasteiger partial charge in [-0.05, 0) is 44.4 Å². The van der Waals surface area contributed by atoms with Gasteiger partial charge in [0.1, 0.15) is 11.6 Å². The highest BCUT2D eigenvalue weighted by Gasteiger charge is 2.20. The molecule has 0 aliphatic heterocycles. The second-order valence-electron chi connectivity index (χ2n) is 4.99. The van der Waals surface area contributed by atoms with Gasteiger partial charge >= 0.3 is 0 Å². The number of rotatable bonds is 3. The van der Waals surface area contributed by atoms with E-state index in [0.29, 0.717) is 17.2 Å². The normalized spacial score (nSPS) is 18.6. The second-order valence-corrected chi connectivity index (χ2v) is 4.99. The first kappa shape index (κ1) is 12.5. The summed E-state index contributed by atoms with van der Waals surface area (Å²) in [5.74, 6) is -0.650. The fraction of sp³-hybridized carbons (Fsp3) is 0.571. The van der Waals surface area contributed by atoms with Crippen LogP contribution in [0.1, 0.15) is 49.8 Å². The van der Waals surface area contributed by atoms with Gasteiger partial charge in [0.15, 0.2) is 0 Å². The largest absolute Gasteiger partial charge is 0.307 e. The van der Waals surface area contributed by atoms with Crippen LogP contribution in [0, 0.1) is 18.6 Å². The van der Waals surface area contributed by atoms with Crippen LogP contribution in [-0.4, -0.2) is 6.04 Å². The molecule has 0 heterocycles. The highest BCUT2D eigenvalue weighted by atomic mass is 19.1. The van der Waals surface area contributed by atoms with Crippen molar-refractivity contribution in [3.63, 3.8) is 0 Å². The lowest BCUT2D eigenvalue weighted by Gasteiger charge is -2.20. The third-order valence-electron chi connectivity index (χ3n) is 3.59. The molecule has 0 aromatic heterocycles. The first-order chi connectivity index (χ1) is 8.08. The molecule has 1 aromatic carbocycles. The Bertz CT molecular complexity index is 397. The predicted octanol–water partition coefficient (Wildman–Crippen LogP) is 3.87. The molecule has 1 N–H and O–H groups in total. The van der Waals surface area contributed by atoms with Crippen molar-refractivity contribution in [3.8, 4) is 0 Å². The van der Waals surface area contributed by atoms with E-state index >= 15 is 0 Å². The van der Waals surface area contributed by atoms with Crippen LogP contribution >= 0.6 is 0 Å². The van der Waals surface area contributed by atoms with Crippen molar-refractivity contribution in [1.29, 1.82) is 0 Å². The van der Waals surface area contributed by atoms with Crippen LogP contribution < -0.4 is 5.32 Å². The number of hydrogen-bond acceptors (Lipinski definition) is 1. The van der Waals surface area contributed by atoms with Crippen LogP contribution in [0.4, 0.5) is 8.78 Å². The van der Waals surface area contributed by atoms with E-state index in [1.165, 1.54) is 25.0 Å². The minimum atomic E-state index is -0.332. The monoisotopic (exact) mass is 239 g/mol. The van der Waals surface area contributed by atoms with Gasteiger partial charge in [0, 0.05) is 17.6 Å². The number of hydrogen-bond donors (Lipinski definition) is 1. The molecule has 0 saturated heterocycles. The molecule has 0 bridgehead atoms. The maximum atomic E-state index is 13.7. The van der Waals surface area contributed by atoms with E-state index in [1.807, 2.05) is 6.92 Å². The lowest BCUT2D eigenvalue weighted by molar-refractivity contribution is 0.444. The van der Waals surface area contributed by atoms with Gasteiger partial charge in [-0.2, -0.15) is 0 Å². The molecule has 17 heavy (non-hydrogen) atoms. The van der Waals surface area contributed by atoms with E-state index in [-0.39, 0.29) is 17.7 Å². The molecule has 1 fully saturated rings. The molecule has 1 aliphatic rings. The quantitative estimate of drug-likeness (QED) is 0.844. The third-order valence-corrected chi connectivity index (χ3v) is 3.59. The first-order valence-electron chi connectivity index (χ1n) is 6.29. The Morgan fingerprint density at radius 1 is 1.18 bits per heavy atom. The van der Waals surface area contributed by atoms with Crippen molar-refractivity contribution in [3.05, 3.63) is 34.9 Å². The highest BCUT2D eigenvalue weighted by molar-refractivity contribution is 5.27. The van der Waals surface area contributed by atoms with Crippen LogP contribution in [0.15, 0.2) is 12.1 Å². The summed E-state index contributed by atoms with van der Waals surface area (Å²) in [6.07, 6.45) is 4.74. The van der Waals surface area contributed by atoms with Gasteiger partial charge in [0.05, 0.1) is 0 Å². The Labute approximate surface area is 101 Å². The van der Waals surface area contributed by atoms with Crippen LogP contribution in [0.2, 0.25) is 0 Å². The Hall–Kier alpha value is -0.960. The number of halogens is 2. The predicted molar refractivity (Wildman–Crippen MR) is 64.9 cm³/mol. The maximum absolute atomic E-state index is 13.7. The zero-order chi connectivity index (χ0) is 12.4. The van der Waals surface area contributed by atoms with Gasteiger partial charge in [-0.3, -0.25) is 0 Å². The topological polar surface area (TPSA) is 12.0 Å². The number of aryl methyl sites for hydroxylation is 1. The Balaban J connectivity index is 2.12. The Morgan fingerprint density at radius 2 is 1.82 bits per heavy atom. The fourth-order valence-corrected chi connectivity index (χ4v) is 2.53. The summed E-state index contributed by atoms with van der Waals surface area (Å²) < 4.78 is 27.2. The third kappa shape index (κ3) is 2.83. The highest BCUT2D eigenvalue weighted by Crippen LogP contribution is 2.24. The SMILES string of the molecule is Cc1cc(F)c(C(C)NC2CCCC2)cc1F. The summed E-state index contributed by atoms with van der Waals surface area (Å²) in [6, 6.07) is 2.91. The van der Waals surface area contributed by atoms with Gasteiger partial charge in [0.2, 0.25) is 0 Å². The van der Waals surface area contributed by atoms with Crippen LogP contribution in [0.25, 0.3) is 0 Å². The summed E-state index contributed by atoms with van der Waals surface area (Å²) in [6.45, 7) is 3.47. The number of benzene rings is 1. The average Bonchev–Trinajstić information content (AvgIpc) is 2.76. The van der Waals surface area contributed by atoms with Gasteiger partial charge in [-0.15, -0.1) is 0 Å². The molecule has 1 aromatic rings. The maximum Gasteiger partial charge on any atom is 0.128 e.